The average molecular weight is 419 g/mol. The number of unbranched alkanes of at least 4 members (excludes halogenated alkanes) is 1. The van der Waals surface area contributed by atoms with Crippen molar-refractivity contribution >= 4 is 0 Å². The number of aliphatic hydroxyl groups excluding tert-OH is 1. The number of methoxy groups -OCH3 is 1. The molecule has 3 saturated carbocycles. The van der Waals surface area contributed by atoms with E-state index in [9.17, 15) is 10.2 Å². The summed E-state index contributed by atoms with van der Waals surface area (Å²) in [4.78, 5) is 0. The average Bonchev–Trinajstić information content (AvgIpc) is 3.01. The van der Waals surface area contributed by atoms with E-state index in [1.165, 1.54) is 50.5 Å². The Bertz CT molecular complexity index is 614. The van der Waals surface area contributed by atoms with Crippen molar-refractivity contribution in [1.29, 1.82) is 0 Å². The van der Waals surface area contributed by atoms with Crippen molar-refractivity contribution in [3.63, 3.8) is 0 Å². The summed E-state index contributed by atoms with van der Waals surface area (Å²) in [6, 6.07) is 0. The first-order valence-electron chi connectivity index (χ1n) is 12.5. The van der Waals surface area contributed by atoms with E-state index >= 15 is 0 Å². The molecule has 3 aliphatic carbocycles. The number of hydrogen-bond donors (Lipinski definition) is 2. The Morgan fingerprint density at radius 3 is 2.63 bits per heavy atom. The van der Waals surface area contributed by atoms with Gasteiger partial charge in [-0.3, -0.25) is 0 Å². The lowest BCUT2D eigenvalue weighted by Crippen LogP contribution is -2.33. The zero-order valence-electron chi connectivity index (χ0n) is 20.0. The zero-order valence-corrected chi connectivity index (χ0v) is 20.0. The van der Waals surface area contributed by atoms with Crippen LogP contribution in [0.3, 0.4) is 0 Å². The van der Waals surface area contributed by atoms with E-state index in [0.717, 1.165) is 43.9 Å². The second kappa shape index (κ2) is 10.3. The first kappa shape index (κ1) is 24.0. The molecule has 3 fully saturated rings. The summed E-state index contributed by atoms with van der Waals surface area (Å²) in [6.45, 7) is 7.09. The van der Waals surface area contributed by atoms with Crippen molar-refractivity contribution in [2.24, 2.45) is 23.2 Å². The largest absolute Gasteiger partial charge is 0.392 e. The number of allylic oxidation sites excluding steroid dienone is 3. The molecule has 0 aromatic rings. The molecule has 3 heteroatoms. The smallest absolute Gasteiger partial charge is 0.0627 e. The van der Waals surface area contributed by atoms with Gasteiger partial charge >= 0.3 is 0 Å². The highest BCUT2D eigenvalue weighted by atomic mass is 16.5. The number of hydrogen-bond acceptors (Lipinski definition) is 3. The highest BCUT2D eigenvalue weighted by Gasteiger charge is 2.48. The Morgan fingerprint density at radius 2 is 1.93 bits per heavy atom. The Balaban J connectivity index is 1.58. The van der Waals surface area contributed by atoms with Crippen LogP contribution < -0.4 is 0 Å². The van der Waals surface area contributed by atoms with Crippen molar-refractivity contribution in [3.8, 4) is 0 Å². The zero-order chi connectivity index (χ0) is 21.8. The van der Waals surface area contributed by atoms with E-state index in [2.05, 4.69) is 19.1 Å². The summed E-state index contributed by atoms with van der Waals surface area (Å²) in [7, 11) is 1.73. The van der Waals surface area contributed by atoms with Crippen molar-refractivity contribution in [1.82, 2.24) is 0 Å². The van der Waals surface area contributed by atoms with Crippen LogP contribution in [0.25, 0.3) is 0 Å². The first-order chi connectivity index (χ1) is 14.2. The minimum Gasteiger partial charge on any atom is -0.392 e. The van der Waals surface area contributed by atoms with Crippen molar-refractivity contribution in [3.05, 3.63) is 23.3 Å². The van der Waals surface area contributed by atoms with E-state index in [4.69, 9.17) is 4.74 Å². The molecule has 0 saturated heterocycles. The quantitative estimate of drug-likeness (QED) is 0.462. The van der Waals surface area contributed by atoms with Gasteiger partial charge in [0.05, 0.1) is 18.3 Å². The molecule has 30 heavy (non-hydrogen) atoms. The maximum Gasteiger partial charge on any atom is 0.0627 e. The molecule has 3 nitrogen and oxygen atoms in total. The van der Waals surface area contributed by atoms with Gasteiger partial charge in [0.1, 0.15) is 0 Å². The molecule has 0 amide bonds. The lowest BCUT2D eigenvalue weighted by Gasteiger charge is -2.42. The van der Waals surface area contributed by atoms with Gasteiger partial charge in [0, 0.05) is 13.0 Å². The van der Waals surface area contributed by atoms with Crippen LogP contribution in [0.2, 0.25) is 0 Å². The Labute approximate surface area is 185 Å². The second-order valence-electron chi connectivity index (χ2n) is 11.3. The van der Waals surface area contributed by atoms with Gasteiger partial charge in [0.2, 0.25) is 0 Å². The fraction of sp³-hybridized carbons (Fsp3) is 0.852. The molecular weight excluding hydrogens is 372 g/mol. The summed E-state index contributed by atoms with van der Waals surface area (Å²) >= 11 is 0. The number of rotatable bonds is 8. The molecule has 0 bridgehead atoms. The van der Waals surface area contributed by atoms with Crippen molar-refractivity contribution in [2.45, 2.75) is 110 Å². The second-order valence-corrected chi connectivity index (χ2v) is 11.3. The molecule has 0 heterocycles. The molecule has 2 N–H and O–H groups in total. The van der Waals surface area contributed by atoms with Crippen LogP contribution in [0.4, 0.5) is 0 Å². The summed E-state index contributed by atoms with van der Waals surface area (Å²) < 4.78 is 5.26. The van der Waals surface area contributed by atoms with E-state index < -0.39 is 5.60 Å². The van der Waals surface area contributed by atoms with Gasteiger partial charge in [-0.05, 0) is 95.3 Å². The van der Waals surface area contributed by atoms with E-state index in [-0.39, 0.29) is 6.10 Å². The molecule has 0 aromatic heterocycles. The maximum atomic E-state index is 10.4. The minimum atomic E-state index is -0.521. The minimum absolute atomic E-state index is 0.250. The number of ether oxygens (including phenoxy) is 1. The Hall–Kier alpha value is -0.640. The van der Waals surface area contributed by atoms with E-state index in [1.54, 1.807) is 12.7 Å². The monoisotopic (exact) mass is 418 g/mol. The van der Waals surface area contributed by atoms with Crippen LogP contribution >= 0.6 is 0 Å². The molecule has 0 aromatic carbocycles. The Kier molecular flexibility index (Phi) is 8.26. The van der Waals surface area contributed by atoms with Gasteiger partial charge < -0.3 is 14.9 Å². The highest BCUT2D eigenvalue weighted by molar-refractivity contribution is 5.25. The van der Waals surface area contributed by atoms with Gasteiger partial charge in [-0.2, -0.15) is 0 Å². The van der Waals surface area contributed by atoms with Crippen LogP contribution in [0.5, 0.6) is 0 Å². The van der Waals surface area contributed by atoms with Crippen LogP contribution in [0.1, 0.15) is 97.8 Å². The predicted octanol–water partition coefficient (Wildman–Crippen LogP) is 6.19. The summed E-state index contributed by atoms with van der Waals surface area (Å²) in [5.74, 6) is 1.88. The summed E-state index contributed by atoms with van der Waals surface area (Å²) in [5, 5.41) is 20.4. The van der Waals surface area contributed by atoms with E-state index in [0.29, 0.717) is 17.9 Å². The third-order valence-corrected chi connectivity index (χ3v) is 8.52. The predicted molar refractivity (Wildman–Crippen MR) is 124 cm³/mol. The highest BCUT2D eigenvalue weighted by Crippen LogP contribution is 2.58. The van der Waals surface area contributed by atoms with Crippen molar-refractivity contribution < 1.29 is 14.9 Å². The fourth-order valence-electron chi connectivity index (χ4n) is 6.65. The molecule has 4 unspecified atom stereocenters. The molecule has 3 aliphatic rings. The summed E-state index contributed by atoms with van der Waals surface area (Å²) in [6.07, 6.45) is 18.8. The molecule has 0 spiro atoms. The van der Waals surface area contributed by atoms with Crippen LogP contribution in [-0.2, 0) is 4.74 Å². The Morgan fingerprint density at radius 1 is 1.13 bits per heavy atom. The molecule has 5 atom stereocenters. The normalized spacial score (nSPS) is 37.7. The third-order valence-electron chi connectivity index (χ3n) is 8.52. The van der Waals surface area contributed by atoms with Gasteiger partial charge in [0.25, 0.3) is 0 Å². The lowest BCUT2D eigenvalue weighted by atomic mass is 9.62. The van der Waals surface area contributed by atoms with Crippen molar-refractivity contribution in [2.75, 3.05) is 13.7 Å². The van der Waals surface area contributed by atoms with Gasteiger partial charge in [0.15, 0.2) is 0 Å². The topological polar surface area (TPSA) is 49.7 Å². The number of aliphatic hydroxyl groups is 2. The van der Waals surface area contributed by atoms with Gasteiger partial charge in [-0.1, -0.05) is 43.1 Å². The lowest BCUT2D eigenvalue weighted by molar-refractivity contribution is 0.0335. The molecule has 3 rings (SSSR count). The maximum absolute atomic E-state index is 10.4. The molecule has 172 valence electrons. The fourth-order valence-corrected chi connectivity index (χ4v) is 6.65. The standard InChI is InChI=1S/C27H46O3/c1-26(2,29)16-6-5-9-23-14-15-24-21(8-7-17-27(23,24)3)12-10-20-11-13-22(19-30-4)25(28)18-20/h10,12,22-25,28-29H,5-9,11,13-19H2,1-4H3/b20-10-,21-12+/t22?,23?,24?,25-,27?/m1/s1. The van der Waals surface area contributed by atoms with Gasteiger partial charge in [-0.25, -0.2) is 0 Å². The van der Waals surface area contributed by atoms with Crippen LogP contribution in [-0.4, -0.2) is 35.6 Å². The summed E-state index contributed by atoms with van der Waals surface area (Å²) in [5.41, 5.74) is 3.03. The first-order valence-corrected chi connectivity index (χ1v) is 12.5. The van der Waals surface area contributed by atoms with E-state index in [1.807, 2.05) is 13.8 Å². The SMILES string of the molecule is COCC1CC/C(=C/C=C2\CCCC3(C)C(CCCCC(C)(C)O)CCC23)C[C@H]1O. The molecule has 0 radical (unpaired) electrons. The van der Waals surface area contributed by atoms with Gasteiger partial charge in [-0.15, -0.1) is 0 Å². The molecule has 0 aliphatic heterocycles. The van der Waals surface area contributed by atoms with Crippen LogP contribution in [0, 0.1) is 23.2 Å². The third kappa shape index (κ3) is 5.99. The van der Waals surface area contributed by atoms with Crippen LogP contribution in [0.15, 0.2) is 23.3 Å². The molecular formula is C27H46O3. The number of fused-ring (bicyclic) bond motifs is 1.